The van der Waals surface area contributed by atoms with Crippen LogP contribution >= 0.6 is 0 Å². The molecule has 1 heterocycles. The number of likely N-dealkylation sites (tertiary alicyclic amines) is 1. The minimum absolute atomic E-state index is 0.00812. The van der Waals surface area contributed by atoms with E-state index in [9.17, 15) is 9.59 Å². The molecule has 3 N–H and O–H groups in total. The molecule has 27 heavy (non-hydrogen) atoms. The summed E-state index contributed by atoms with van der Waals surface area (Å²) in [7, 11) is 0. The van der Waals surface area contributed by atoms with Crippen molar-refractivity contribution in [2.24, 2.45) is 5.73 Å². The molecule has 0 aromatic heterocycles. The fourth-order valence-corrected chi connectivity index (χ4v) is 3.48. The van der Waals surface area contributed by atoms with Crippen LogP contribution < -0.4 is 11.1 Å². The van der Waals surface area contributed by atoms with Gasteiger partial charge in [0, 0.05) is 30.3 Å². The minimum Gasteiger partial charge on any atom is -0.332 e. The molecule has 2 amide bonds. The Morgan fingerprint density at radius 3 is 2.52 bits per heavy atom. The van der Waals surface area contributed by atoms with Crippen molar-refractivity contribution in [1.82, 2.24) is 4.90 Å². The maximum Gasteiger partial charge on any atom is 0.254 e. The average Bonchev–Trinajstić information content (AvgIpc) is 3.17. The zero-order valence-electron chi connectivity index (χ0n) is 15.7. The monoisotopic (exact) mass is 365 g/mol. The second kappa shape index (κ2) is 8.82. The van der Waals surface area contributed by atoms with Crippen LogP contribution in [0.3, 0.4) is 0 Å². The molecule has 2 atom stereocenters. The molecular formula is C22H27N3O2. The normalized spacial score (nSPS) is 17.6. The molecular weight excluding hydrogens is 338 g/mol. The summed E-state index contributed by atoms with van der Waals surface area (Å²) >= 11 is 0. The van der Waals surface area contributed by atoms with Gasteiger partial charge in [-0.05, 0) is 56.0 Å². The smallest absolute Gasteiger partial charge is 0.254 e. The largest absolute Gasteiger partial charge is 0.332 e. The number of carbonyl (C=O) groups excluding carboxylic acids is 2. The van der Waals surface area contributed by atoms with Gasteiger partial charge in [0.05, 0.1) is 6.04 Å². The van der Waals surface area contributed by atoms with Gasteiger partial charge in [0.15, 0.2) is 0 Å². The summed E-state index contributed by atoms with van der Waals surface area (Å²) in [6, 6.07) is 17.5. The Morgan fingerprint density at radius 1 is 1.15 bits per heavy atom. The zero-order valence-corrected chi connectivity index (χ0v) is 15.7. The van der Waals surface area contributed by atoms with E-state index in [0.29, 0.717) is 24.1 Å². The maximum atomic E-state index is 13.0. The van der Waals surface area contributed by atoms with Gasteiger partial charge in [-0.2, -0.15) is 0 Å². The summed E-state index contributed by atoms with van der Waals surface area (Å²) in [6.45, 7) is 2.66. The average molecular weight is 365 g/mol. The van der Waals surface area contributed by atoms with Crippen LogP contribution in [0.5, 0.6) is 0 Å². The summed E-state index contributed by atoms with van der Waals surface area (Å²) in [5.41, 5.74) is 8.20. The highest BCUT2D eigenvalue weighted by molar-refractivity contribution is 5.96. The lowest BCUT2D eigenvalue weighted by Crippen LogP contribution is -2.30. The van der Waals surface area contributed by atoms with Crippen molar-refractivity contribution in [2.75, 3.05) is 11.9 Å². The third kappa shape index (κ3) is 4.95. The Balaban J connectivity index is 1.64. The predicted molar refractivity (Wildman–Crippen MR) is 107 cm³/mol. The molecule has 0 radical (unpaired) electrons. The standard InChI is InChI=1S/C22H27N3O2/c1-16(23)9-14-21(26)24-19-12-10-18(11-13-19)22(27)25-15-5-8-20(25)17-6-3-2-4-7-17/h2-4,6-7,10-13,16,20H,5,8-9,14-15,23H2,1H3,(H,24,26). The molecule has 2 aromatic carbocycles. The fraction of sp³-hybridized carbons (Fsp3) is 0.364. The second-order valence-corrected chi connectivity index (χ2v) is 7.21. The van der Waals surface area contributed by atoms with E-state index in [0.717, 1.165) is 19.4 Å². The third-order valence-electron chi connectivity index (χ3n) is 4.94. The topological polar surface area (TPSA) is 75.4 Å². The molecule has 0 spiro atoms. The number of hydrogen-bond donors (Lipinski definition) is 2. The van der Waals surface area contributed by atoms with Crippen LogP contribution in [-0.2, 0) is 4.79 Å². The first kappa shape index (κ1) is 19.1. The van der Waals surface area contributed by atoms with Gasteiger partial charge in [-0.15, -0.1) is 0 Å². The molecule has 0 aliphatic carbocycles. The number of amides is 2. The van der Waals surface area contributed by atoms with Gasteiger partial charge >= 0.3 is 0 Å². The van der Waals surface area contributed by atoms with Crippen LogP contribution in [-0.4, -0.2) is 29.3 Å². The summed E-state index contributed by atoms with van der Waals surface area (Å²) in [4.78, 5) is 26.8. The SMILES string of the molecule is CC(N)CCC(=O)Nc1ccc(C(=O)N2CCCC2c2ccccc2)cc1. The number of nitrogens with two attached hydrogens (primary N) is 1. The van der Waals surface area contributed by atoms with Gasteiger partial charge in [0.25, 0.3) is 5.91 Å². The van der Waals surface area contributed by atoms with Gasteiger partial charge < -0.3 is 16.0 Å². The van der Waals surface area contributed by atoms with Gasteiger partial charge in [-0.25, -0.2) is 0 Å². The molecule has 5 nitrogen and oxygen atoms in total. The van der Waals surface area contributed by atoms with E-state index in [-0.39, 0.29) is 23.9 Å². The highest BCUT2D eigenvalue weighted by Crippen LogP contribution is 2.33. The lowest BCUT2D eigenvalue weighted by atomic mass is 10.0. The highest BCUT2D eigenvalue weighted by atomic mass is 16.2. The Labute approximate surface area is 160 Å². The van der Waals surface area contributed by atoms with E-state index in [1.807, 2.05) is 30.0 Å². The van der Waals surface area contributed by atoms with Crippen LogP contribution in [0.25, 0.3) is 0 Å². The van der Waals surface area contributed by atoms with E-state index in [1.165, 1.54) is 5.56 Å². The van der Waals surface area contributed by atoms with E-state index < -0.39 is 0 Å². The number of rotatable bonds is 6. The van der Waals surface area contributed by atoms with Crippen molar-refractivity contribution in [3.63, 3.8) is 0 Å². The molecule has 2 aromatic rings. The molecule has 0 saturated carbocycles. The van der Waals surface area contributed by atoms with E-state index in [1.54, 1.807) is 24.3 Å². The first-order valence-electron chi connectivity index (χ1n) is 9.56. The Kier molecular flexibility index (Phi) is 6.24. The van der Waals surface area contributed by atoms with Crippen molar-refractivity contribution in [2.45, 2.75) is 44.7 Å². The summed E-state index contributed by atoms with van der Waals surface area (Å²) in [5, 5.41) is 2.85. The van der Waals surface area contributed by atoms with Crippen molar-refractivity contribution >= 4 is 17.5 Å². The van der Waals surface area contributed by atoms with Gasteiger partial charge in [-0.3, -0.25) is 9.59 Å². The molecule has 0 bridgehead atoms. The van der Waals surface area contributed by atoms with Crippen LogP contribution in [0.1, 0.15) is 54.6 Å². The zero-order chi connectivity index (χ0) is 19.2. The first-order valence-corrected chi connectivity index (χ1v) is 9.56. The first-order chi connectivity index (χ1) is 13.0. The number of benzene rings is 2. The van der Waals surface area contributed by atoms with Gasteiger partial charge in [-0.1, -0.05) is 30.3 Å². The molecule has 1 saturated heterocycles. The number of hydrogen-bond acceptors (Lipinski definition) is 3. The fourth-order valence-electron chi connectivity index (χ4n) is 3.48. The van der Waals surface area contributed by atoms with E-state index in [2.05, 4.69) is 17.4 Å². The molecule has 142 valence electrons. The Hall–Kier alpha value is -2.66. The van der Waals surface area contributed by atoms with E-state index >= 15 is 0 Å². The summed E-state index contributed by atoms with van der Waals surface area (Å²) < 4.78 is 0. The van der Waals surface area contributed by atoms with Gasteiger partial charge in [0.2, 0.25) is 5.91 Å². The number of nitrogens with zero attached hydrogens (tertiary/aromatic N) is 1. The molecule has 2 unspecified atom stereocenters. The van der Waals surface area contributed by atoms with Crippen LogP contribution in [0, 0.1) is 0 Å². The Morgan fingerprint density at radius 2 is 1.85 bits per heavy atom. The van der Waals surface area contributed by atoms with Crippen molar-refractivity contribution in [3.05, 3.63) is 65.7 Å². The minimum atomic E-state index is -0.0601. The second-order valence-electron chi connectivity index (χ2n) is 7.21. The lowest BCUT2D eigenvalue weighted by Gasteiger charge is -2.25. The Bertz CT molecular complexity index is 772. The summed E-state index contributed by atoms with van der Waals surface area (Å²) in [6.07, 6.45) is 3.05. The molecule has 1 aliphatic rings. The number of anilines is 1. The quantitative estimate of drug-likeness (QED) is 0.819. The maximum absolute atomic E-state index is 13.0. The van der Waals surface area contributed by atoms with Crippen molar-refractivity contribution in [1.29, 1.82) is 0 Å². The highest BCUT2D eigenvalue weighted by Gasteiger charge is 2.30. The summed E-state index contributed by atoms with van der Waals surface area (Å²) in [5.74, 6) is -0.0220. The molecule has 1 fully saturated rings. The predicted octanol–water partition coefficient (Wildman–Crippen LogP) is 3.73. The van der Waals surface area contributed by atoms with Crippen LogP contribution in [0.15, 0.2) is 54.6 Å². The molecule has 1 aliphatic heterocycles. The third-order valence-corrected chi connectivity index (χ3v) is 4.94. The van der Waals surface area contributed by atoms with Crippen molar-refractivity contribution < 1.29 is 9.59 Å². The van der Waals surface area contributed by atoms with Crippen LogP contribution in [0.4, 0.5) is 5.69 Å². The van der Waals surface area contributed by atoms with Gasteiger partial charge in [0.1, 0.15) is 0 Å². The van der Waals surface area contributed by atoms with E-state index in [4.69, 9.17) is 5.73 Å². The van der Waals surface area contributed by atoms with Crippen LogP contribution in [0.2, 0.25) is 0 Å². The molecule has 5 heteroatoms. The number of carbonyl (C=O) groups is 2. The van der Waals surface area contributed by atoms with Crippen molar-refractivity contribution in [3.8, 4) is 0 Å². The lowest BCUT2D eigenvalue weighted by molar-refractivity contribution is -0.116. The molecule has 3 rings (SSSR count). The number of nitrogens with one attached hydrogen (secondary N) is 1.